The number of rotatable bonds is 9. The molecule has 0 unspecified atom stereocenters. The largest absolute Gasteiger partial charge is 0.480 e. The molecule has 1 aromatic heterocycles. The zero-order valence-corrected chi connectivity index (χ0v) is 24.8. The summed E-state index contributed by atoms with van der Waals surface area (Å²) in [6.45, 7) is -0.399. The van der Waals surface area contributed by atoms with E-state index in [0.29, 0.717) is 11.1 Å². The first-order valence-corrected chi connectivity index (χ1v) is 14.8. The third-order valence-electron chi connectivity index (χ3n) is 7.91. The fraction of sp³-hybridized carbons (Fsp3) is 0.135. The van der Waals surface area contributed by atoms with E-state index in [1.54, 1.807) is 24.4 Å². The second-order valence-corrected chi connectivity index (χ2v) is 11.1. The Kier molecular flexibility index (Phi) is 8.73. The number of H-pyrrole nitrogens is 1. The molecule has 4 aromatic carbocycles. The molecule has 2 N–H and O–H groups in total. The molecule has 0 spiro atoms. The van der Waals surface area contributed by atoms with Crippen LogP contribution in [-0.2, 0) is 29.2 Å². The molecule has 6 rings (SSSR count). The number of carbonyl (C=O) groups is 2. The Morgan fingerprint density at radius 1 is 0.761 bits per heavy atom. The highest BCUT2D eigenvalue weighted by molar-refractivity contribution is 5.78. The molecule has 1 amide bonds. The standard InChI is InChI=1S/C37H31N3O6/c41-33(42)23-40(37(45)46-24-25-9-2-1-3-10-25)21-27-12-8-11-26(19-27)20-39-22-32(35(43)38-36(39)44)34-30-15-6-4-13-28(30)17-18-29-14-5-7-16-31(29)34/h1-19,22,34H,20-21,23-24H2,(H,41,42)(H,38,43,44). The molecule has 1 aliphatic rings. The Hall–Kier alpha value is -5.96. The molecule has 5 aromatic rings. The number of aliphatic carboxylic acids is 1. The quantitative estimate of drug-likeness (QED) is 0.223. The number of carboxylic acid groups (broad SMARTS) is 1. The third-order valence-corrected chi connectivity index (χ3v) is 7.91. The number of nitrogens with one attached hydrogen (secondary N) is 1. The highest BCUT2D eigenvalue weighted by Crippen LogP contribution is 2.37. The first-order valence-electron chi connectivity index (χ1n) is 14.8. The Morgan fingerprint density at radius 3 is 2.04 bits per heavy atom. The molecular weight excluding hydrogens is 582 g/mol. The van der Waals surface area contributed by atoms with Crippen LogP contribution in [0, 0.1) is 0 Å². The summed E-state index contributed by atoms with van der Waals surface area (Å²) in [5, 5.41) is 9.45. The number of carbonyl (C=O) groups excluding carboxylic acids is 1. The lowest BCUT2D eigenvalue weighted by molar-refractivity contribution is -0.138. The minimum absolute atomic E-state index is 0.0117. The maximum absolute atomic E-state index is 13.4. The van der Waals surface area contributed by atoms with Crippen molar-refractivity contribution in [3.63, 3.8) is 0 Å². The van der Waals surface area contributed by atoms with Crippen molar-refractivity contribution >= 4 is 24.2 Å². The molecule has 0 atom stereocenters. The SMILES string of the molecule is O=C(O)CN(Cc1cccc(Cn2cc(C3c4ccccc4C=Cc4ccccc43)c(=O)[nH]c2=O)c1)C(=O)OCc1ccccc1. The first kappa shape index (κ1) is 30.1. The fourth-order valence-electron chi connectivity index (χ4n) is 5.78. The van der Waals surface area contributed by atoms with Crippen LogP contribution in [0.2, 0.25) is 0 Å². The minimum Gasteiger partial charge on any atom is -0.480 e. The highest BCUT2D eigenvalue weighted by Gasteiger charge is 2.26. The van der Waals surface area contributed by atoms with Crippen molar-refractivity contribution in [3.05, 3.63) is 175 Å². The first-order chi connectivity index (χ1) is 22.4. The predicted octanol–water partition coefficient (Wildman–Crippen LogP) is 5.47. The van der Waals surface area contributed by atoms with Gasteiger partial charge in [0.15, 0.2) is 0 Å². The predicted molar refractivity (Wildman–Crippen MR) is 174 cm³/mol. The van der Waals surface area contributed by atoms with Crippen LogP contribution in [0.25, 0.3) is 12.2 Å². The van der Waals surface area contributed by atoms with Crippen LogP contribution >= 0.6 is 0 Å². The second-order valence-electron chi connectivity index (χ2n) is 11.1. The van der Waals surface area contributed by atoms with E-state index in [2.05, 4.69) is 4.98 Å². The van der Waals surface area contributed by atoms with Gasteiger partial charge in [-0.1, -0.05) is 115 Å². The number of hydrogen-bond donors (Lipinski definition) is 2. The van der Waals surface area contributed by atoms with E-state index in [-0.39, 0.29) is 19.7 Å². The van der Waals surface area contributed by atoms with Gasteiger partial charge in [0.05, 0.1) is 6.54 Å². The van der Waals surface area contributed by atoms with Gasteiger partial charge in [0.2, 0.25) is 0 Å². The monoisotopic (exact) mass is 613 g/mol. The van der Waals surface area contributed by atoms with Crippen LogP contribution in [-0.4, -0.2) is 38.2 Å². The van der Waals surface area contributed by atoms with Crippen molar-refractivity contribution in [3.8, 4) is 0 Å². The summed E-state index contributed by atoms with van der Waals surface area (Å²) in [6, 6.07) is 32.1. The maximum Gasteiger partial charge on any atom is 0.410 e. The Bertz CT molecular complexity index is 2000. The van der Waals surface area contributed by atoms with Gasteiger partial charge >= 0.3 is 17.8 Å². The summed E-state index contributed by atoms with van der Waals surface area (Å²) in [6.07, 6.45) is 4.94. The van der Waals surface area contributed by atoms with E-state index in [0.717, 1.165) is 38.3 Å². The fourth-order valence-corrected chi connectivity index (χ4v) is 5.78. The van der Waals surface area contributed by atoms with Crippen LogP contribution in [0.3, 0.4) is 0 Å². The van der Waals surface area contributed by atoms with Crippen molar-refractivity contribution < 1.29 is 19.4 Å². The molecule has 9 nitrogen and oxygen atoms in total. The number of amides is 1. The number of ether oxygens (including phenoxy) is 1. The van der Waals surface area contributed by atoms with Crippen LogP contribution in [0.1, 0.15) is 50.4 Å². The Balaban J connectivity index is 1.28. The Morgan fingerprint density at radius 2 is 1.37 bits per heavy atom. The van der Waals surface area contributed by atoms with E-state index in [4.69, 9.17) is 4.74 Å². The number of aromatic amines is 1. The molecule has 1 heterocycles. The number of fused-ring (bicyclic) bond motifs is 2. The van der Waals surface area contributed by atoms with Gasteiger partial charge in [-0.05, 0) is 38.9 Å². The highest BCUT2D eigenvalue weighted by atomic mass is 16.6. The molecule has 230 valence electrons. The summed E-state index contributed by atoms with van der Waals surface area (Å²) in [5.41, 5.74) is 5.50. The number of carboxylic acids is 1. The molecule has 0 radical (unpaired) electrons. The zero-order valence-electron chi connectivity index (χ0n) is 24.8. The van der Waals surface area contributed by atoms with Crippen LogP contribution < -0.4 is 11.2 Å². The number of benzene rings is 4. The molecule has 0 fully saturated rings. The lowest BCUT2D eigenvalue weighted by Crippen LogP contribution is -2.35. The normalized spacial score (nSPS) is 12.1. The van der Waals surface area contributed by atoms with Gasteiger partial charge in [-0.3, -0.25) is 24.0 Å². The van der Waals surface area contributed by atoms with Gasteiger partial charge < -0.3 is 9.84 Å². The molecular formula is C37H31N3O6. The summed E-state index contributed by atoms with van der Waals surface area (Å²) in [4.78, 5) is 54.5. The van der Waals surface area contributed by atoms with E-state index >= 15 is 0 Å². The maximum atomic E-state index is 13.4. The number of hydrogen-bond acceptors (Lipinski definition) is 5. The second kappa shape index (κ2) is 13.4. The van der Waals surface area contributed by atoms with E-state index in [1.165, 1.54) is 4.57 Å². The summed E-state index contributed by atoms with van der Waals surface area (Å²) < 4.78 is 6.85. The smallest absolute Gasteiger partial charge is 0.410 e. The van der Waals surface area contributed by atoms with Crippen molar-refractivity contribution in [1.29, 1.82) is 0 Å². The van der Waals surface area contributed by atoms with Crippen molar-refractivity contribution in [1.82, 2.24) is 14.5 Å². The number of nitrogens with zero attached hydrogens (tertiary/aromatic N) is 2. The van der Waals surface area contributed by atoms with E-state index < -0.39 is 35.8 Å². The molecule has 0 saturated heterocycles. The van der Waals surface area contributed by atoms with Crippen LogP contribution in [0.4, 0.5) is 4.79 Å². The van der Waals surface area contributed by atoms with Crippen LogP contribution in [0.15, 0.2) is 119 Å². The van der Waals surface area contributed by atoms with Gasteiger partial charge in [0, 0.05) is 24.2 Å². The zero-order chi connectivity index (χ0) is 32.0. The number of aromatic nitrogens is 2. The van der Waals surface area contributed by atoms with Crippen molar-refractivity contribution in [2.75, 3.05) is 6.54 Å². The topological polar surface area (TPSA) is 122 Å². The minimum atomic E-state index is -1.17. The van der Waals surface area contributed by atoms with E-state index in [1.807, 2.05) is 97.1 Å². The average molecular weight is 614 g/mol. The third kappa shape index (κ3) is 6.73. The summed E-state index contributed by atoms with van der Waals surface area (Å²) in [5.74, 6) is -1.58. The molecule has 46 heavy (non-hydrogen) atoms. The molecule has 0 aliphatic heterocycles. The van der Waals surface area contributed by atoms with Gasteiger partial charge in [-0.15, -0.1) is 0 Å². The van der Waals surface area contributed by atoms with Crippen molar-refractivity contribution in [2.45, 2.75) is 25.6 Å². The average Bonchev–Trinajstić information content (AvgIpc) is 3.22. The van der Waals surface area contributed by atoms with Crippen LogP contribution in [0.5, 0.6) is 0 Å². The lowest BCUT2D eigenvalue weighted by atomic mass is 9.83. The van der Waals surface area contributed by atoms with Gasteiger partial charge in [0.1, 0.15) is 13.2 Å². The van der Waals surface area contributed by atoms with Crippen molar-refractivity contribution in [2.24, 2.45) is 0 Å². The van der Waals surface area contributed by atoms with Gasteiger partial charge in [-0.2, -0.15) is 0 Å². The van der Waals surface area contributed by atoms with E-state index in [9.17, 15) is 24.3 Å². The van der Waals surface area contributed by atoms with Gasteiger partial charge in [-0.25, -0.2) is 9.59 Å². The molecule has 0 saturated carbocycles. The molecule has 9 heteroatoms. The lowest BCUT2D eigenvalue weighted by Gasteiger charge is -2.21. The molecule has 0 bridgehead atoms. The molecule has 1 aliphatic carbocycles. The summed E-state index contributed by atoms with van der Waals surface area (Å²) >= 11 is 0. The van der Waals surface area contributed by atoms with Gasteiger partial charge in [0.25, 0.3) is 5.56 Å². The summed E-state index contributed by atoms with van der Waals surface area (Å²) in [7, 11) is 0. The Labute approximate surface area is 264 Å².